The highest BCUT2D eigenvalue weighted by atomic mass is 35.5. The van der Waals surface area contributed by atoms with E-state index < -0.39 is 0 Å². The number of rotatable bonds is 4. The molecule has 2 rings (SSSR count). The third kappa shape index (κ3) is 3.32. The Hall–Kier alpha value is -0.350. The van der Waals surface area contributed by atoms with Gasteiger partial charge >= 0.3 is 0 Å². The molecule has 0 saturated carbocycles. The summed E-state index contributed by atoms with van der Waals surface area (Å²) in [6, 6.07) is 4.37. The van der Waals surface area contributed by atoms with Crippen LogP contribution in [0.2, 0.25) is 4.34 Å². The van der Waals surface area contributed by atoms with Crippen molar-refractivity contribution < 1.29 is 4.74 Å². The highest BCUT2D eigenvalue weighted by molar-refractivity contribution is 7.16. The van der Waals surface area contributed by atoms with Crippen LogP contribution in [0, 0.1) is 0 Å². The molecule has 16 heavy (non-hydrogen) atoms. The van der Waals surface area contributed by atoms with E-state index in [1.165, 1.54) is 10.5 Å². The maximum Gasteiger partial charge on any atom is 0.0931 e. The third-order valence-corrected chi connectivity index (χ3v) is 4.05. The second-order valence-electron chi connectivity index (χ2n) is 3.95. The van der Waals surface area contributed by atoms with Crippen molar-refractivity contribution in [1.29, 1.82) is 0 Å². The van der Waals surface area contributed by atoms with Gasteiger partial charge in [-0.05, 0) is 31.1 Å². The van der Waals surface area contributed by atoms with Crippen molar-refractivity contribution in [2.45, 2.75) is 19.4 Å². The Labute approximate surface area is 105 Å². The van der Waals surface area contributed by atoms with Gasteiger partial charge in [-0.1, -0.05) is 17.7 Å². The predicted octanol–water partition coefficient (Wildman–Crippen LogP) is 3.40. The summed E-state index contributed by atoms with van der Waals surface area (Å²) in [6.45, 7) is 4.69. The topological polar surface area (TPSA) is 21.3 Å². The summed E-state index contributed by atoms with van der Waals surface area (Å²) in [5.74, 6) is 0. The van der Waals surface area contributed by atoms with E-state index in [2.05, 4.69) is 24.4 Å². The molecule has 2 heterocycles. The fourth-order valence-electron chi connectivity index (χ4n) is 1.68. The molecule has 0 aliphatic carbocycles. The van der Waals surface area contributed by atoms with Crippen LogP contribution in [0.4, 0.5) is 0 Å². The zero-order valence-corrected chi connectivity index (χ0v) is 10.9. The first-order valence-corrected chi connectivity index (χ1v) is 6.69. The molecular weight excluding hydrogens is 242 g/mol. The molecule has 88 valence electrons. The van der Waals surface area contributed by atoms with E-state index in [1.54, 1.807) is 11.3 Å². The second kappa shape index (κ2) is 5.82. The Bertz CT molecular complexity index is 375. The SMILES string of the molecule is CC(NCC1=CCCOC1)c1ccc(Cl)s1. The van der Waals surface area contributed by atoms with Crippen LogP contribution in [0.15, 0.2) is 23.8 Å². The average molecular weight is 258 g/mol. The Balaban J connectivity index is 1.83. The van der Waals surface area contributed by atoms with E-state index in [-0.39, 0.29) is 0 Å². The molecule has 4 heteroatoms. The van der Waals surface area contributed by atoms with E-state index in [1.807, 2.05) is 6.07 Å². The van der Waals surface area contributed by atoms with Crippen molar-refractivity contribution in [3.05, 3.63) is 33.0 Å². The molecular formula is C12H16ClNOS. The van der Waals surface area contributed by atoms with Crippen LogP contribution in [-0.4, -0.2) is 19.8 Å². The average Bonchev–Trinajstić information content (AvgIpc) is 2.74. The first-order valence-electron chi connectivity index (χ1n) is 5.50. The molecule has 0 spiro atoms. The molecule has 0 bridgehead atoms. The summed E-state index contributed by atoms with van der Waals surface area (Å²) in [6.07, 6.45) is 3.31. The van der Waals surface area contributed by atoms with Gasteiger partial charge < -0.3 is 10.1 Å². The van der Waals surface area contributed by atoms with Crippen LogP contribution in [-0.2, 0) is 4.74 Å². The first-order chi connectivity index (χ1) is 7.75. The lowest BCUT2D eigenvalue weighted by Crippen LogP contribution is -2.23. The number of thiophene rings is 1. The number of nitrogens with one attached hydrogen (secondary N) is 1. The van der Waals surface area contributed by atoms with Gasteiger partial charge in [-0.3, -0.25) is 0 Å². The van der Waals surface area contributed by atoms with Crippen LogP contribution in [0.3, 0.4) is 0 Å². The van der Waals surface area contributed by atoms with Crippen molar-refractivity contribution in [2.75, 3.05) is 19.8 Å². The van der Waals surface area contributed by atoms with Gasteiger partial charge in [-0.25, -0.2) is 0 Å². The molecule has 1 aliphatic heterocycles. The van der Waals surface area contributed by atoms with Gasteiger partial charge in [0.05, 0.1) is 17.6 Å². The summed E-state index contributed by atoms with van der Waals surface area (Å²) in [4.78, 5) is 1.28. The molecule has 2 nitrogen and oxygen atoms in total. The summed E-state index contributed by atoms with van der Waals surface area (Å²) in [7, 11) is 0. The fraction of sp³-hybridized carbons (Fsp3) is 0.500. The van der Waals surface area contributed by atoms with Crippen molar-refractivity contribution in [2.24, 2.45) is 0 Å². The van der Waals surface area contributed by atoms with Gasteiger partial charge in [0, 0.05) is 17.5 Å². The van der Waals surface area contributed by atoms with Gasteiger partial charge in [0.15, 0.2) is 0 Å². The molecule has 0 saturated heterocycles. The Morgan fingerprint density at radius 2 is 2.44 bits per heavy atom. The number of hydrogen-bond acceptors (Lipinski definition) is 3. The molecule has 1 aromatic heterocycles. The molecule has 1 unspecified atom stereocenters. The number of ether oxygens (including phenoxy) is 1. The highest BCUT2D eigenvalue weighted by Crippen LogP contribution is 2.26. The molecule has 1 aromatic rings. The summed E-state index contributed by atoms with van der Waals surface area (Å²) < 4.78 is 6.25. The number of hydrogen-bond donors (Lipinski definition) is 1. The van der Waals surface area contributed by atoms with E-state index in [0.717, 1.165) is 30.5 Å². The fourth-order valence-corrected chi connectivity index (χ4v) is 2.77. The lowest BCUT2D eigenvalue weighted by atomic mass is 10.2. The van der Waals surface area contributed by atoms with E-state index >= 15 is 0 Å². The monoisotopic (exact) mass is 257 g/mol. The van der Waals surface area contributed by atoms with Crippen LogP contribution in [0.5, 0.6) is 0 Å². The largest absolute Gasteiger partial charge is 0.377 e. The zero-order valence-electron chi connectivity index (χ0n) is 9.33. The van der Waals surface area contributed by atoms with Gasteiger partial charge in [-0.15, -0.1) is 11.3 Å². The van der Waals surface area contributed by atoms with Gasteiger partial charge in [0.2, 0.25) is 0 Å². The molecule has 0 fully saturated rings. The Morgan fingerprint density at radius 1 is 1.56 bits per heavy atom. The smallest absolute Gasteiger partial charge is 0.0931 e. The maximum absolute atomic E-state index is 5.91. The summed E-state index contributed by atoms with van der Waals surface area (Å²) in [5, 5.41) is 3.49. The van der Waals surface area contributed by atoms with Crippen LogP contribution in [0.1, 0.15) is 24.3 Å². The molecule has 1 atom stereocenters. The van der Waals surface area contributed by atoms with Crippen LogP contribution >= 0.6 is 22.9 Å². The van der Waals surface area contributed by atoms with Crippen LogP contribution < -0.4 is 5.32 Å². The van der Waals surface area contributed by atoms with E-state index in [4.69, 9.17) is 16.3 Å². The standard InChI is InChI=1S/C12H16ClNOS/c1-9(11-4-5-12(13)16-11)14-7-10-3-2-6-15-8-10/h3-5,9,14H,2,6-8H2,1H3. The quantitative estimate of drug-likeness (QED) is 0.835. The van der Waals surface area contributed by atoms with Crippen molar-refractivity contribution in [3.63, 3.8) is 0 Å². The van der Waals surface area contributed by atoms with Gasteiger partial charge in [-0.2, -0.15) is 0 Å². The van der Waals surface area contributed by atoms with Crippen molar-refractivity contribution in [3.8, 4) is 0 Å². The maximum atomic E-state index is 5.91. The van der Waals surface area contributed by atoms with Crippen molar-refractivity contribution in [1.82, 2.24) is 5.32 Å². The molecule has 1 N–H and O–H groups in total. The van der Waals surface area contributed by atoms with E-state index in [9.17, 15) is 0 Å². The minimum Gasteiger partial charge on any atom is -0.377 e. The minimum absolute atomic E-state index is 0.348. The summed E-state index contributed by atoms with van der Waals surface area (Å²) in [5.41, 5.74) is 1.35. The lowest BCUT2D eigenvalue weighted by Gasteiger charge is -2.17. The minimum atomic E-state index is 0.348. The normalized spacial score (nSPS) is 18.2. The van der Waals surface area contributed by atoms with Crippen molar-refractivity contribution >= 4 is 22.9 Å². The second-order valence-corrected chi connectivity index (χ2v) is 5.69. The first kappa shape index (κ1) is 12.1. The Kier molecular flexibility index (Phi) is 4.41. The Morgan fingerprint density at radius 3 is 3.06 bits per heavy atom. The lowest BCUT2D eigenvalue weighted by molar-refractivity contribution is 0.148. The molecule has 1 aliphatic rings. The predicted molar refractivity (Wildman–Crippen MR) is 69.3 cm³/mol. The molecule has 0 radical (unpaired) electrons. The van der Waals surface area contributed by atoms with Crippen LogP contribution in [0.25, 0.3) is 0 Å². The van der Waals surface area contributed by atoms with Gasteiger partial charge in [0.25, 0.3) is 0 Å². The number of halogens is 1. The van der Waals surface area contributed by atoms with Gasteiger partial charge in [0.1, 0.15) is 0 Å². The van der Waals surface area contributed by atoms with E-state index in [0.29, 0.717) is 6.04 Å². The zero-order chi connectivity index (χ0) is 11.4. The third-order valence-electron chi connectivity index (χ3n) is 2.64. The highest BCUT2D eigenvalue weighted by Gasteiger charge is 2.09. The summed E-state index contributed by atoms with van der Waals surface area (Å²) >= 11 is 7.55. The molecule has 0 amide bonds. The molecule has 0 aromatic carbocycles.